The molecule has 1 amide bonds. The van der Waals surface area contributed by atoms with Gasteiger partial charge in [0.1, 0.15) is 0 Å². The molecule has 2 aliphatic rings. The Hall–Kier alpha value is -2.58. The average molecular weight is 371 g/mol. The molecule has 0 radical (unpaired) electrons. The molecule has 3 rings (SSSR count). The molecule has 9 heteroatoms. The number of carbonyl (C=O) groups is 3. The van der Waals surface area contributed by atoms with Crippen molar-refractivity contribution in [3.63, 3.8) is 0 Å². The molecule has 2 saturated carbocycles. The largest absolute Gasteiger partial charge is 0.481 e. The lowest BCUT2D eigenvalue weighted by Crippen LogP contribution is -2.23. The number of nitrogens with one attached hydrogen (secondary N) is 1. The van der Waals surface area contributed by atoms with Crippen LogP contribution in [0.15, 0.2) is 24.3 Å². The van der Waals surface area contributed by atoms with Crippen molar-refractivity contribution in [2.45, 2.75) is 19.0 Å². The van der Waals surface area contributed by atoms with Gasteiger partial charge in [0.05, 0.1) is 17.4 Å². The van der Waals surface area contributed by atoms with Crippen molar-refractivity contribution in [2.24, 2.45) is 29.6 Å². The monoisotopic (exact) mass is 371 g/mol. The van der Waals surface area contributed by atoms with Gasteiger partial charge in [-0.15, -0.1) is 0 Å². The summed E-state index contributed by atoms with van der Waals surface area (Å²) in [7, 11) is 0. The number of carboxylic acids is 2. The minimum Gasteiger partial charge on any atom is -0.481 e. The number of benzene rings is 1. The van der Waals surface area contributed by atoms with Crippen LogP contribution in [-0.2, 0) is 20.6 Å². The summed E-state index contributed by atoms with van der Waals surface area (Å²) < 4.78 is 38.1. The van der Waals surface area contributed by atoms with E-state index in [4.69, 9.17) is 5.11 Å². The van der Waals surface area contributed by atoms with Gasteiger partial charge in [0.15, 0.2) is 0 Å². The van der Waals surface area contributed by atoms with E-state index in [2.05, 4.69) is 5.32 Å². The SMILES string of the molecule is O=C(CC1CC(C(=O)O)C2C(C(=O)O)C12)Nc1cccc(C(F)(F)F)c1. The third-order valence-corrected chi connectivity index (χ3v) is 5.22. The molecule has 1 aromatic rings. The molecule has 140 valence electrons. The van der Waals surface area contributed by atoms with Crippen LogP contribution in [0.3, 0.4) is 0 Å². The number of hydrogen-bond donors (Lipinski definition) is 3. The molecular formula is C17H16F3NO5. The first-order valence-corrected chi connectivity index (χ1v) is 8.02. The summed E-state index contributed by atoms with van der Waals surface area (Å²) in [5.41, 5.74) is -0.907. The number of halogens is 3. The topological polar surface area (TPSA) is 104 Å². The molecule has 26 heavy (non-hydrogen) atoms. The van der Waals surface area contributed by atoms with E-state index in [0.717, 1.165) is 12.1 Å². The number of aliphatic carboxylic acids is 2. The fourth-order valence-corrected chi connectivity index (χ4v) is 4.16. The highest BCUT2D eigenvalue weighted by molar-refractivity contribution is 5.91. The van der Waals surface area contributed by atoms with Gasteiger partial charge in [-0.2, -0.15) is 13.2 Å². The van der Waals surface area contributed by atoms with Crippen LogP contribution in [0.1, 0.15) is 18.4 Å². The minimum atomic E-state index is -4.53. The van der Waals surface area contributed by atoms with Crippen molar-refractivity contribution in [1.82, 2.24) is 0 Å². The van der Waals surface area contributed by atoms with Gasteiger partial charge in [0, 0.05) is 12.1 Å². The van der Waals surface area contributed by atoms with Crippen molar-refractivity contribution in [1.29, 1.82) is 0 Å². The zero-order chi connectivity index (χ0) is 19.2. The quantitative estimate of drug-likeness (QED) is 0.738. The van der Waals surface area contributed by atoms with Gasteiger partial charge in [-0.1, -0.05) is 6.07 Å². The smallest absolute Gasteiger partial charge is 0.416 e. The van der Waals surface area contributed by atoms with Gasteiger partial charge in [-0.05, 0) is 42.4 Å². The molecule has 3 N–H and O–H groups in total. The molecule has 0 heterocycles. The predicted molar refractivity (Wildman–Crippen MR) is 82.0 cm³/mol. The van der Waals surface area contributed by atoms with Crippen LogP contribution in [0.2, 0.25) is 0 Å². The number of fused-ring (bicyclic) bond motifs is 1. The molecule has 1 aromatic carbocycles. The molecule has 5 unspecified atom stereocenters. The second-order valence-corrected chi connectivity index (χ2v) is 6.79. The summed E-state index contributed by atoms with van der Waals surface area (Å²) in [5, 5.41) is 20.7. The number of hydrogen-bond acceptors (Lipinski definition) is 3. The van der Waals surface area contributed by atoms with Gasteiger partial charge in [-0.25, -0.2) is 0 Å². The summed E-state index contributed by atoms with van der Waals surface area (Å²) in [4.78, 5) is 34.6. The van der Waals surface area contributed by atoms with Crippen LogP contribution in [-0.4, -0.2) is 28.1 Å². The number of alkyl halides is 3. The first-order valence-electron chi connectivity index (χ1n) is 8.02. The zero-order valence-corrected chi connectivity index (χ0v) is 13.4. The summed E-state index contributed by atoms with van der Waals surface area (Å²) in [5.74, 6) is -5.54. The third-order valence-electron chi connectivity index (χ3n) is 5.22. The predicted octanol–water partition coefficient (Wildman–Crippen LogP) is 2.70. The highest BCUT2D eigenvalue weighted by Crippen LogP contribution is 2.64. The molecule has 2 aliphatic carbocycles. The molecule has 6 nitrogen and oxygen atoms in total. The molecule has 0 bridgehead atoms. The number of amides is 1. The van der Waals surface area contributed by atoms with Gasteiger partial charge in [-0.3, -0.25) is 14.4 Å². The summed E-state index contributed by atoms with van der Waals surface area (Å²) in [6, 6.07) is 4.19. The highest BCUT2D eigenvalue weighted by atomic mass is 19.4. The first kappa shape index (κ1) is 18.2. The van der Waals surface area contributed by atoms with Gasteiger partial charge in [0.2, 0.25) is 5.91 Å². The molecule has 5 atom stereocenters. The van der Waals surface area contributed by atoms with Crippen molar-refractivity contribution in [3.8, 4) is 0 Å². The Balaban J connectivity index is 1.66. The van der Waals surface area contributed by atoms with Crippen LogP contribution < -0.4 is 5.32 Å². The normalized spacial score (nSPS) is 29.7. The maximum Gasteiger partial charge on any atom is 0.416 e. The number of anilines is 1. The van der Waals surface area contributed by atoms with Crippen molar-refractivity contribution in [2.75, 3.05) is 5.32 Å². The summed E-state index contributed by atoms with van der Waals surface area (Å²) in [6.45, 7) is 0. The Bertz CT molecular complexity index is 763. The Morgan fingerprint density at radius 3 is 2.38 bits per heavy atom. The molecule has 0 aromatic heterocycles. The molecular weight excluding hydrogens is 355 g/mol. The lowest BCUT2D eigenvalue weighted by molar-refractivity contribution is -0.144. The number of rotatable bonds is 5. The zero-order valence-electron chi connectivity index (χ0n) is 13.4. The average Bonchev–Trinajstić information content (AvgIpc) is 3.16. The van der Waals surface area contributed by atoms with E-state index in [9.17, 15) is 32.7 Å². The van der Waals surface area contributed by atoms with E-state index in [1.165, 1.54) is 12.1 Å². The summed E-state index contributed by atoms with van der Waals surface area (Å²) in [6.07, 6.45) is -4.45. The molecule has 2 fully saturated rings. The van der Waals surface area contributed by atoms with Crippen molar-refractivity contribution in [3.05, 3.63) is 29.8 Å². The van der Waals surface area contributed by atoms with E-state index in [-0.39, 0.29) is 24.4 Å². The Kier molecular flexibility index (Phi) is 4.41. The fourth-order valence-electron chi connectivity index (χ4n) is 4.16. The van der Waals surface area contributed by atoms with Crippen molar-refractivity contribution >= 4 is 23.5 Å². The van der Waals surface area contributed by atoms with Gasteiger partial charge >= 0.3 is 18.1 Å². The van der Waals surface area contributed by atoms with Crippen LogP contribution in [0.4, 0.5) is 18.9 Å². The Morgan fingerprint density at radius 2 is 1.81 bits per heavy atom. The summed E-state index contributed by atoms with van der Waals surface area (Å²) >= 11 is 0. The highest BCUT2D eigenvalue weighted by Gasteiger charge is 2.67. The first-order chi connectivity index (χ1) is 12.1. The van der Waals surface area contributed by atoms with Crippen LogP contribution in [0.25, 0.3) is 0 Å². The van der Waals surface area contributed by atoms with E-state index >= 15 is 0 Å². The second-order valence-electron chi connectivity index (χ2n) is 6.79. The van der Waals surface area contributed by atoms with E-state index in [0.29, 0.717) is 0 Å². The van der Waals surface area contributed by atoms with Gasteiger partial charge < -0.3 is 15.5 Å². The van der Waals surface area contributed by atoms with Crippen LogP contribution in [0, 0.1) is 29.6 Å². The molecule has 0 spiro atoms. The Labute approximate surface area is 146 Å². The third kappa shape index (κ3) is 3.38. The Morgan fingerprint density at radius 1 is 1.12 bits per heavy atom. The maximum absolute atomic E-state index is 12.7. The maximum atomic E-state index is 12.7. The van der Waals surface area contributed by atoms with E-state index in [1.807, 2.05) is 0 Å². The van der Waals surface area contributed by atoms with E-state index in [1.54, 1.807) is 0 Å². The number of carboxylic acid groups (broad SMARTS) is 2. The van der Waals surface area contributed by atoms with Crippen molar-refractivity contribution < 1.29 is 37.8 Å². The molecule has 0 aliphatic heterocycles. The van der Waals surface area contributed by atoms with Crippen LogP contribution in [0.5, 0.6) is 0 Å². The standard InChI is InChI=1S/C17H16F3NO5/c18-17(19,20)8-2-1-3-9(6-8)21-11(22)5-7-4-10(15(23)24)13-12(7)14(13)16(25)26/h1-3,6-7,10,12-14H,4-5H2,(H,21,22)(H,23,24)(H,25,26). The lowest BCUT2D eigenvalue weighted by Gasteiger charge is -2.16. The van der Waals surface area contributed by atoms with Gasteiger partial charge in [0.25, 0.3) is 0 Å². The second kappa shape index (κ2) is 6.30. The van der Waals surface area contributed by atoms with E-state index < -0.39 is 53.3 Å². The lowest BCUT2D eigenvalue weighted by atomic mass is 9.91. The minimum absolute atomic E-state index is 0.0141. The number of carbonyl (C=O) groups excluding carboxylic acids is 1. The fraction of sp³-hybridized carbons (Fsp3) is 0.471. The molecule has 0 saturated heterocycles. The van der Waals surface area contributed by atoms with Crippen LogP contribution >= 0.6 is 0 Å².